The number of aromatic nitrogens is 2. The van der Waals surface area contributed by atoms with Crippen LogP contribution < -0.4 is 11.5 Å². The van der Waals surface area contributed by atoms with Crippen LogP contribution in [-0.2, 0) is 6.42 Å². The quantitative estimate of drug-likeness (QED) is 0.716. The van der Waals surface area contributed by atoms with Crippen molar-refractivity contribution in [3.8, 4) is 0 Å². The highest BCUT2D eigenvalue weighted by Gasteiger charge is 2.18. The van der Waals surface area contributed by atoms with Gasteiger partial charge in [-0.2, -0.15) is 5.10 Å². The van der Waals surface area contributed by atoms with Crippen LogP contribution in [0.2, 0.25) is 0 Å². The number of amides is 1. The number of nitrogens with zero attached hydrogens (tertiary/aromatic N) is 2. The highest BCUT2D eigenvalue weighted by molar-refractivity contribution is 5.98. The van der Waals surface area contributed by atoms with E-state index in [9.17, 15) is 4.79 Å². The molecule has 0 spiro atoms. The minimum atomic E-state index is -0.532. The molecule has 5 heteroatoms. The van der Waals surface area contributed by atoms with Crippen molar-refractivity contribution in [2.45, 2.75) is 46.0 Å². The first-order chi connectivity index (χ1) is 9.51. The molecule has 0 aliphatic heterocycles. The van der Waals surface area contributed by atoms with E-state index in [1.54, 1.807) is 10.9 Å². The topological polar surface area (TPSA) is 86.9 Å². The molecule has 1 heterocycles. The summed E-state index contributed by atoms with van der Waals surface area (Å²) >= 11 is 0. The van der Waals surface area contributed by atoms with Crippen molar-refractivity contribution in [1.29, 1.82) is 0 Å². The van der Waals surface area contributed by atoms with Gasteiger partial charge in [-0.15, -0.1) is 0 Å². The van der Waals surface area contributed by atoms with Gasteiger partial charge in [-0.25, -0.2) is 4.68 Å². The molecule has 1 aromatic heterocycles. The van der Waals surface area contributed by atoms with Gasteiger partial charge in [-0.1, -0.05) is 38.8 Å². The molecule has 0 saturated carbocycles. The van der Waals surface area contributed by atoms with Crippen LogP contribution in [0.3, 0.4) is 0 Å². The number of carbonyl (C=O) groups is 1. The average Bonchev–Trinajstić information content (AvgIpc) is 2.70. The van der Waals surface area contributed by atoms with Crippen molar-refractivity contribution >= 4 is 17.9 Å². The summed E-state index contributed by atoms with van der Waals surface area (Å²) in [5.41, 5.74) is 13.3. The maximum absolute atomic E-state index is 11.5. The van der Waals surface area contributed by atoms with Gasteiger partial charge in [0.15, 0.2) is 5.82 Å². The highest BCUT2D eigenvalue weighted by Crippen LogP contribution is 2.19. The Morgan fingerprint density at radius 1 is 1.40 bits per heavy atom. The fourth-order valence-electron chi connectivity index (χ4n) is 2.02. The largest absolute Gasteiger partial charge is 0.382 e. The van der Waals surface area contributed by atoms with Gasteiger partial charge >= 0.3 is 0 Å². The van der Waals surface area contributed by atoms with Crippen LogP contribution in [0, 0.1) is 0 Å². The first-order valence-electron chi connectivity index (χ1n) is 7.03. The number of hydrogen-bond donors (Lipinski definition) is 2. The monoisotopic (exact) mass is 276 g/mol. The Bertz CT molecular complexity index is 514. The number of allylic oxidation sites excluding steroid dienone is 2. The average molecular weight is 276 g/mol. The molecule has 0 aromatic carbocycles. The zero-order chi connectivity index (χ0) is 15.1. The molecule has 0 fully saturated rings. The van der Waals surface area contributed by atoms with Gasteiger partial charge in [0, 0.05) is 6.20 Å². The molecule has 0 radical (unpaired) electrons. The summed E-state index contributed by atoms with van der Waals surface area (Å²) in [4.78, 5) is 11.5. The Balaban J connectivity index is 3.00. The molecule has 0 saturated heterocycles. The number of rotatable bonds is 8. The third kappa shape index (κ3) is 3.98. The lowest BCUT2D eigenvalue weighted by Gasteiger charge is -2.03. The van der Waals surface area contributed by atoms with E-state index in [0.29, 0.717) is 12.0 Å². The maximum Gasteiger partial charge on any atom is 0.254 e. The third-order valence-electron chi connectivity index (χ3n) is 3.07. The Kier molecular flexibility index (Phi) is 6.03. The van der Waals surface area contributed by atoms with E-state index in [-0.39, 0.29) is 5.82 Å². The Morgan fingerprint density at radius 3 is 2.65 bits per heavy atom. The van der Waals surface area contributed by atoms with Crippen LogP contribution >= 0.6 is 0 Å². The Labute approximate surface area is 120 Å². The number of nitrogens with two attached hydrogens (primary N) is 2. The number of nitrogen functional groups attached to an aromatic ring is 1. The molecule has 0 bridgehead atoms. The minimum absolute atomic E-state index is 0.185. The van der Waals surface area contributed by atoms with Gasteiger partial charge in [0.1, 0.15) is 5.56 Å². The van der Waals surface area contributed by atoms with Crippen molar-refractivity contribution in [1.82, 2.24) is 9.78 Å². The first kappa shape index (κ1) is 16.0. The molecule has 5 nitrogen and oxygen atoms in total. The number of carbonyl (C=O) groups excluding carboxylic acids is 1. The van der Waals surface area contributed by atoms with E-state index in [1.807, 2.05) is 13.0 Å². The lowest BCUT2D eigenvalue weighted by Crippen LogP contribution is -2.15. The standard InChI is InChI=1S/C15H24N4O/c1-4-6-8-11(3)9-10-19-12(7-5-2)13(15(17)20)14(16)18-19/h9-10H,3-8H2,1-2H3,(H2,16,18)(H2,17,20)/b10-9-. The summed E-state index contributed by atoms with van der Waals surface area (Å²) in [5.74, 6) is -0.347. The molecule has 20 heavy (non-hydrogen) atoms. The minimum Gasteiger partial charge on any atom is -0.382 e. The van der Waals surface area contributed by atoms with Gasteiger partial charge in [0.05, 0.1) is 5.69 Å². The number of hydrogen-bond acceptors (Lipinski definition) is 3. The van der Waals surface area contributed by atoms with E-state index in [4.69, 9.17) is 11.5 Å². The third-order valence-corrected chi connectivity index (χ3v) is 3.07. The van der Waals surface area contributed by atoms with Gasteiger partial charge in [-0.05, 0) is 25.3 Å². The normalized spacial score (nSPS) is 11.1. The van der Waals surface area contributed by atoms with Crippen LogP contribution in [0.1, 0.15) is 55.6 Å². The fraction of sp³-hybridized carbons (Fsp3) is 0.467. The summed E-state index contributed by atoms with van der Waals surface area (Å²) in [6.45, 7) is 8.17. The molecule has 110 valence electrons. The van der Waals surface area contributed by atoms with Gasteiger partial charge < -0.3 is 11.5 Å². The summed E-state index contributed by atoms with van der Waals surface area (Å²) in [7, 11) is 0. The molecule has 0 unspecified atom stereocenters. The second-order valence-electron chi connectivity index (χ2n) is 4.84. The van der Waals surface area contributed by atoms with Gasteiger partial charge in [0.25, 0.3) is 5.91 Å². The summed E-state index contributed by atoms with van der Waals surface area (Å²) in [5, 5.41) is 4.17. The Morgan fingerprint density at radius 2 is 2.10 bits per heavy atom. The van der Waals surface area contributed by atoms with E-state index in [1.165, 1.54) is 0 Å². The van der Waals surface area contributed by atoms with E-state index >= 15 is 0 Å². The van der Waals surface area contributed by atoms with Crippen molar-refractivity contribution in [3.63, 3.8) is 0 Å². The van der Waals surface area contributed by atoms with E-state index in [0.717, 1.165) is 37.0 Å². The maximum atomic E-state index is 11.5. The second kappa shape index (κ2) is 7.53. The zero-order valence-corrected chi connectivity index (χ0v) is 12.4. The predicted molar refractivity (Wildman–Crippen MR) is 83.1 cm³/mol. The molecule has 1 rings (SSSR count). The zero-order valence-electron chi connectivity index (χ0n) is 12.4. The van der Waals surface area contributed by atoms with Crippen molar-refractivity contribution in [2.24, 2.45) is 5.73 Å². The molecule has 1 aromatic rings. The summed E-state index contributed by atoms with van der Waals surface area (Å²) in [6, 6.07) is 0. The summed E-state index contributed by atoms with van der Waals surface area (Å²) < 4.78 is 1.63. The molecule has 4 N–H and O–H groups in total. The SMILES string of the molecule is C=C(/C=C\n1nc(N)c(C(N)=O)c1CCC)CCCC. The summed E-state index contributed by atoms with van der Waals surface area (Å²) in [6.07, 6.45) is 8.49. The van der Waals surface area contributed by atoms with Crippen molar-refractivity contribution < 1.29 is 4.79 Å². The van der Waals surface area contributed by atoms with Gasteiger partial charge in [-0.3, -0.25) is 4.79 Å². The van der Waals surface area contributed by atoms with Crippen LogP contribution in [0.25, 0.3) is 6.20 Å². The smallest absolute Gasteiger partial charge is 0.254 e. The molecular formula is C15H24N4O. The lowest BCUT2D eigenvalue weighted by atomic mass is 10.1. The number of primary amides is 1. The Hall–Kier alpha value is -2.04. The van der Waals surface area contributed by atoms with Gasteiger partial charge in [0.2, 0.25) is 0 Å². The van der Waals surface area contributed by atoms with Crippen LogP contribution in [0.5, 0.6) is 0 Å². The van der Waals surface area contributed by atoms with Crippen LogP contribution in [0.4, 0.5) is 5.82 Å². The molecule has 0 aliphatic rings. The number of anilines is 1. The molecule has 0 atom stereocenters. The molecule has 1 amide bonds. The first-order valence-corrected chi connectivity index (χ1v) is 7.03. The molecule has 0 aliphatic carbocycles. The van der Waals surface area contributed by atoms with Crippen LogP contribution in [-0.4, -0.2) is 15.7 Å². The van der Waals surface area contributed by atoms with E-state index in [2.05, 4.69) is 18.6 Å². The number of unbranched alkanes of at least 4 members (excludes halogenated alkanes) is 1. The predicted octanol–water partition coefficient (Wildman–Crippen LogP) is 2.73. The second-order valence-corrected chi connectivity index (χ2v) is 4.84. The van der Waals surface area contributed by atoms with Crippen molar-refractivity contribution in [3.05, 3.63) is 29.5 Å². The van der Waals surface area contributed by atoms with Crippen molar-refractivity contribution in [2.75, 3.05) is 5.73 Å². The molecular weight excluding hydrogens is 252 g/mol. The highest BCUT2D eigenvalue weighted by atomic mass is 16.1. The van der Waals surface area contributed by atoms with Crippen LogP contribution in [0.15, 0.2) is 18.2 Å². The lowest BCUT2D eigenvalue weighted by molar-refractivity contribution is 0.1000. The fourth-order valence-corrected chi connectivity index (χ4v) is 2.02. The van der Waals surface area contributed by atoms with E-state index < -0.39 is 5.91 Å².